The Balaban J connectivity index is 1.55. The maximum atomic E-state index is 12.6. The fourth-order valence-electron chi connectivity index (χ4n) is 3.17. The van der Waals surface area contributed by atoms with Gasteiger partial charge in [-0.1, -0.05) is 6.07 Å². The number of nitrogens with zero attached hydrogens (tertiary/aromatic N) is 2. The molecule has 9 heteroatoms. The first-order chi connectivity index (χ1) is 13.3. The lowest BCUT2D eigenvalue weighted by Gasteiger charge is -2.13. The van der Waals surface area contributed by atoms with Crippen LogP contribution in [0.1, 0.15) is 11.7 Å². The minimum Gasteiger partial charge on any atom is -0.408 e. The number of nitrogens with one attached hydrogen (secondary N) is 1. The van der Waals surface area contributed by atoms with Crippen molar-refractivity contribution in [3.63, 3.8) is 0 Å². The second-order valence-electron chi connectivity index (χ2n) is 6.67. The van der Waals surface area contributed by atoms with Crippen LogP contribution in [0, 0.1) is 0 Å². The van der Waals surface area contributed by atoms with Crippen LogP contribution < -0.4 is 10.5 Å². The molecule has 2 aromatic heterocycles. The Morgan fingerprint density at radius 3 is 2.68 bits per heavy atom. The van der Waals surface area contributed by atoms with E-state index in [-0.39, 0.29) is 11.4 Å². The number of hydrogen-bond donors (Lipinski definition) is 2. The predicted octanol–water partition coefficient (Wildman–Crippen LogP) is 1.64. The van der Waals surface area contributed by atoms with Gasteiger partial charge in [0.1, 0.15) is 0 Å². The summed E-state index contributed by atoms with van der Waals surface area (Å²) in [7, 11) is -0.441. The van der Waals surface area contributed by atoms with Crippen molar-refractivity contribution in [3.05, 3.63) is 64.8 Å². The molecular formula is C19H19N3O5S. The van der Waals surface area contributed by atoms with Crippen molar-refractivity contribution in [3.8, 4) is 0 Å². The van der Waals surface area contributed by atoms with E-state index in [4.69, 9.17) is 4.42 Å². The predicted molar refractivity (Wildman–Crippen MR) is 105 cm³/mol. The van der Waals surface area contributed by atoms with Crippen LogP contribution in [0.25, 0.3) is 22.0 Å². The number of oxazole rings is 1. The number of benzene rings is 2. The quantitative estimate of drug-likeness (QED) is 0.529. The average molecular weight is 401 g/mol. The van der Waals surface area contributed by atoms with Gasteiger partial charge in [0.15, 0.2) is 5.58 Å². The molecule has 0 bridgehead atoms. The lowest BCUT2D eigenvalue weighted by molar-refractivity contribution is 0.182. The molecule has 1 atom stereocenters. The SMILES string of the molecule is Cn1ccc2cc(C(O)CNS(=O)(=O)c3ccc4oc(=O)n(C)c4c3)ccc21. The van der Waals surface area contributed by atoms with Crippen LogP contribution in [0.5, 0.6) is 0 Å². The van der Waals surface area contributed by atoms with E-state index >= 15 is 0 Å². The summed E-state index contributed by atoms with van der Waals surface area (Å²) < 4.78 is 35.8. The molecular weight excluding hydrogens is 382 g/mol. The van der Waals surface area contributed by atoms with Gasteiger partial charge >= 0.3 is 5.76 Å². The number of rotatable bonds is 5. The van der Waals surface area contributed by atoms with Gasteiger partial charge in [0.2, 0.25) is 10.0 Å². The Morgan fingerprint density at radius 1 is 1.11 bits per heavy atom. The Labute approximate surface area is 160 Å². The largest absolute Gasteiger partial charge is 0.419 e. The molecule has 2 N–H and O–H groups in total. The second-order valence-corrected chi connectivity index (χ2v) is 8.44. The summed E-state index contributed by atoms with van der Waals surface area (Å²) >= 11 is 0. The first kappa shape index (κ1) is 18.5. The molecule has 0 aliphatic heterocycles. The minimum absolute atomic E-state index is 0.0119. The maximum Gasteiger partial charge on any atom is 0.419 e. The number of hydrogen-bond acceptors (Lipinski definition) is 5. The Morgan fingerprint density at radius 2 is 1.89 bits per heavy atom. The number of fused-ring (bicyclic) bond motifs is 2. The van der Waals surface area contributed by atoms with Crippen molar-refractivity contribution < 1.29 is 17.9 Å². The van der Waals surface area contributed by atoms with Crippen LogP contribution in [0.2, 0.25) is 0 Å². The van der Waals surface area contributed by atoms with Crippen LogP contribution in [-0.4, -0.2) is 29.2 Å². The van der Waals surface area contributed by atoms with Gasteiger partial charge < -0.3 is 14.1 Å². The molecule has 0 fully saturated rings. The molecule has 8 nitrogen and oxygen atoms in total. The van der Waals surface area contributed by atoms with Crippen molar-refractivity contribution in [1.29, 1.82) is 0 Å². The molecule has 4 rings (SSSR count). The number of aliphatic hydroxyl groups excluding tert-OH is 1. The first-order valence-corrected chi connectivity index (χ1v) is 10.1. The first-order valence-electron chi connectivity index (χ1n) is 8.58. The third kappa shape index (κ3) is 3.13. The summed E-state index contributed by atoms with van der Waals surface area (Å²) in [6, 6.07) is 11.6. The zero-order valence-corrected chi connectivity index (χ0v) is 16.1. The van der Waals surface area contributed by atoms with Gasteiger partial charge in [0, 0.05) is 32.4 Å². The molecule has 0 radical (unpaired) electrons. The number of aliphatic hydroxyl groups is 1. The van der Waals surface area contributed by atoms with Gasteiger partial charge in [0.25, 0.3) is 0 Å². The van der Waals surface area contributed by atoms with E-state index in [1.54, 1.807) is 6.07 Å². The van der Waals surface area contributed by atoms with E-state index < -0.39 is 21.9 Å². The van der Waals surface area contributed by atoms with Crippen molar-refractivity contribution in [2.24, 2.45) is 14.1 Å². The van der Waals surface area contributed by atoms with Gasteiger partial charge in [-0.25, -0.2) is 17.9 Å². The highest BCUT2D eigenvalue weighted by atomic mass is 32.2. The van der Waals surface area contributed by atoms with Crippen LogP contribution >= 0.6 is 0 Å². The highest BCUT2D eigenvalue weighted by Crippen LogP contribution is 2.22. The van der Waals surface area contributed by atoms with Gasteiger partial charge in [0.05, 0.1) is 16.5 Å². The van der Waals surface area contributed by atoms with Gasteiger partial charge in [-0.05, 0) is 47.3 Å². The molecule has 0 saturated carbocycles. The molecule has 2 heterocycles. The van der Waals surface area contributed by atoms with Crippen molar-refractivity contribution in [1.82, 2.24) is 13.9 Å². The van der Waals surface area contributed by atoms with Crippen LogP contribution in [0.4, 0.5) is 0 Å². The smallest absolute Gasteiger partial charge is 0.408 e. The molecule has 0 saturated heterocycles. The maximum absolute atomic E-state index is 12.6. The van der Waals surface area contributed by atoms with E-state index in [9.17, 15) is 18.3 Å². The van der Waals surface area contributed by atoms with E-state index in [1.165, 1.54) is 29.8 Å². The molecule has 2 aromatic carbocycles. The minimum atomic E-state index is -3.87. The molecule has 0 spiro atoms. The van der Waals surface area contributed by atoms with Crippen molar-refractivity contribution >= 4 is 32.0 Å². The van der Waals surface area contributed by atoms with Crippen LogP contribution in [0.3, 0.4) is 0 Å². The third-order valence-corrected chi connectivity index (χ3v) is 6.26. The van der Waals surface area contributed by atoms with E-state index in [0.717, 1.165) is 10.9 Å². The standard InChI is InChI=1S/C19H19N3O5S/c1-21-8-7-12-9-13(3-5-15(12)21)17(23)11-20-28(25,26)14-4-6-18-16(10-14)22(2)19(24)27-18/h3-10,17,20,23H,11H2,1-2H3. The number of sulfonamides is 1. The monoisotopic (exact) mass is 401 g/mol. The normalized spacial score (nSPS) is 13.4. The second kappa shape index (κ2) is 6.62. The summed E-state index contributed by atoms with van der Waals surface area (Å²) in [4.78, 5) is 11.6. The Hall–Kier alpha value is -2.88. The topological polar surface area (TPSA) is 106 Å². The van der Waals surface area contributed by atoms with E-state index in [1.807, 2.05) is 36.0 Å². The fraction of sp³-hybridized carbons (Fsp3) is 0.211. The fourth-order valence-corrected chi connectivity index (χ4v) is 4.23. The van der Waals surface area contributed by atoms with Gasteiger partial charge in [-0.3, -0.25) is 4.57 Å². The average Bonchev–Trinajstić information content (AvgIpc) is 3.19. The summed E-state index contributed by atoms with van der Waals surface area (Å²) in [5.41, 5.74) is 2.33. The lowest BCUT2D eigenvalue weighted by Crippen LogP contribution is -2.28. The molecule has 0 aliphatic rings. The molecule has 146 valence electrons. The van der Waals surface area contributed by atoms with Crippen molar-refractivity contribution in [2.45, 2.75) is 11.0 Å². The summed E-state index contributed by atoms with van der Waals surface area (Å²) in [5.74, 6) is -0.566. The number of aryl methyl sites for hydroxylation is 2. The molecule has 28 heavy (non-hydrogen) atoms. The van der Waals surface area contributed by atoms with E-state index in [0.29, 0.717) is 16.7 Å². The lowest BCUT2D eigenvalue weighted by atomic mass is 10.1. The zero-order chi connectivity index (χ0) is 20.1. The van der Waals surface area contributed by atoms with Crippen LogP contribution in [-0.2, 0) is 24.1 Å². The third-order valence-electron chi connectivity index (χ3n) is 4.83. The summed E-state index contributed by atoms with van der Waals surface area (Å²) in [6.07, 6.45) is 0.921. The van der Waals surface area contributed by atoms with Crippen LogP contribution in [0.15, 0.2) is 62.8 Å². The molecule has 1 unspecified atom stereocenters. The van der Waals surface area contributed by atoms with Gasteiger partial charge in [-0.2, -0.15) is 0 Å². The molecule has 0 amide bonds. The Kier molecular flexibility index (Phi) is 4.37. The van der Waals surface area contributed by atoms with Crippen molar-refractivity contribution in [2.75, 3.05) is 6.54 Å². The zero-order valence-electron chi connectivity index (χ0n) is 15.3. The molecule has 4 aromatic rings. The highest BCUT2D eigenvalue weighted by molar-refractivity contribution is 7.89. The summed E-state index contributed by atoms with van der Waals surface area (Å²) in [6.45, 7) is -0.178. The number of aromatic nitrogens is 2. The van der Waals surface area contributed by atoms with E-state index in [2.05, 4.69) is 4.72 Å². The molecule has 0 aliphatic carbocycles. The summed E-state index contributed by atoms with van der Waals surface area (Å²) in [5, 5.41) is 11.4. The van der Waals surface area contributed by atoms with Gasteiger partial charge in [-0.15, -0.1) is 0 Å². The Bertz CT molecular complexity index is 1350. The highest BCUT2D eigenvalue weighted by Gasteiger charge is 2.19.